The zero-order chi connectivity index (χ0) is 20.4. The van der Waals surface area contributed by atoms with Crippen molar-refractivity contribution in [1.29, 1.82) is 0 Å². The maximum absolute atomic E-state index is 12.4. The topological polar surface area (TPSA) is 78.9 Å². The fourth-order valence-corrected chi connectivity index (χ4v) is 3.35. The van der Waals surface area contributed by atoms with Gasteiger partial charge in [0.05, 0.1) is 18.6 Å². The predicted molar refractivity (Wildman–Crippen MR) is 111 cm³/mol. The lowest BCUT2D eigenvalue weighted by Gasteiger charge is -2.06. The number of hydrogen-bond donors (Lipinski definition) is 0. The van der Waals surface area contributed by atoms with E-state index >= 15 is 0 Å². The molecule has 0 bridgehead atoms. The van der Waals surface area contributed by atoms with Gasteiger partial charge in [-0.15, -0.1) is 0 Å². The molecule has 0 unspecified atom stereocenters. The average molecular weight is 409 g/mol. The van der Waals surface area contributed by atoms with Gasteiger partial charge in [-0.2, -0.15) is 4.98 Å². The molecule has 0 aliphatic heterocycles. The molecule has 4 rings (SSSR count). The Morgan fingerprint density at radius 2 is 1.90 bits per heavy atom. The lowest BCUT2D eigenvalue weighted by Crippen LogP contribution is -2.06. The number of aromatic nitrogens is 3. The van der Waals surface area contributed by atoms with Crippen LogP contribution >= 0.6 is 12.2 Å². The van der Waals surface area contributed by atoms with Gasteiger partial charge in [0, 0.05) is 12.6 Å². The number of ether oxygens (including phenoxy) is 2. The van der Waals surface area contributed by atoms with E-state index in [2.05, 4.69) is 9.97 Å². The number of nitrogens with zero attached hydrogens (tertiary/aromatic N) is 3. The summed E-state index contributed by atoms with van der Waals surface area (Å²) in [6, 6.07) is 9.95. The highest BCUT2D eigenvalue weighted by atomic mass is 32.1. The lowest BCUT2D eigenvalue weighted by molar-refractivity contribution is 0.0527. The zero-order valence-electron chi connectivity index (χ0n) is 16.0. The third-order valence-electron chi connectivity index (χ3n) is 4.39. The second-order valence-electron chi connectivity index (χ2n) is 6.28. The van der Waals surface area contributed by atoms with Crippen LogP contribution in [-0.4, -0.2) is 38.6 Å². The van der Waals surface area contributed by atoms with Gasteiger partial charge in [-0.1, -0.05) is 30.3 Å². The van der Waals surface area contributed by atoms with Crippen molar-refractivity contribution in [2.45, 2.75) is 20.3 Å². The summed E-state index contributed by atoms with van der Waals surface area (Å²) in [6.07, 6.45) is 3.69. The van der Waals surface area contributed by atoms with Crippen LogP contribution in [0.15, 0.2) is 47.2 Å². The molecule has 0 saturated carbocycles. The quantitative estimate of drug-likeness (QED) is 0.352. The Kier molecular flexibility index (Phi) is 5.26. The Morgan fingerprint density at radius 3 is 2.62 bits per heavy atom. The first-order valence-electron chi connectivity index (χ1n) is 9.29. The van der Waals surface area contributed by atoms with Gasteiger partial charge in [-0.25, -0.2) is 9.78 Å². The van der Waals surface area contributed by atoms with E-state index < -0.39 is 5.97 Å². The van der Waals surface area contributed by atoms with Gasteiger partial charge in [0.1, 0.15) is 23.3 Å². The first-order valence-corrected chi connectivity index (χ1v) is 9.70. The molecule has 0 amide bonds. The van der Waals surface area contributed by atoms with Crippen molar-refractivity contribution in [2.24, 2.45) is 0 Å². The number of hydrogen-bond acceptors (Lipinski definition) is 7. The van der Waals surface area contributed by atoms with Crippen LogP contribution < -0.4 is 0 Å². The molecule has 4 aromatic rings. The number of thiocarbonyl (C=S) groups is 1. The summed E-state index contributed by atoms with van der Waals surface area (Å²) in [6.45, 7) is 4.31. The number of furan rings is 1. The first kappa shape index (κ1) is 19.1. The van der Waals surface area contributed by atoms with Crippen molar-refractivity contribution >= 4 is 40.0 Å². The standard InChI is InChI=1S/C21H19N3O4S/c1-3-26-20(25)14-12-28-19-17(14)18-22-15(21(29)27-4-2)11-24(18)16(23-19)10-13-8-6-5-7-9-13/h5-9,11-12H,3-4,10H2,1-2H3. The van der Waals surface area contributed by atoms with Crippen molar-refractivity contribution in [3.63, 3.8) is 0 Å². The van der Waals surface area contributed by atoms with Crippen LogP contribution in [0.3, 0.4) is 0 Å². The highest BCUT2D eigenvalue weighted by molar-refractivity contribution is 7.80. The molecule has 29 heavy (non-hydrogen) atoms. The van der Waals surface area contributed by atoms with Crippen molar-refractivity contribution in [3.05, 3.63) is 65.4 Å². The van der Waals surface area contributed by atoms with Gasteiger partial charge >= 0.3 is 5.97 Å². The molecule has 148 valence electrons. The van der Waals surface area contributed by atoms with Crippen molar-refractivity contribution in [1.82, 2.24) is 14.4 Å². The molecular formula is C21H19N3O4S. The average Bonchev–Trinajstić information content (AvgIpc) is 3.33. The maximum atomic E-state index is 12.4. The summed E-state index contributed by atoms with van der Waals surface area (Å²) in [4.78, 5) is 21.7. The highest BCUT2D eigenvalue weighted by Gasteiger charge is 2.23. The Labute approximate surface area is 172 Å². The molecule has 1 aromatic carbocycles. The Morgan fingerprint density at radius 1 is 1.14 bits per heavy atom. The van der Waals surface area contributed by atoms with Gasteiger partial charge in [0.25, 0.3) is 0 Å². The number of fused-ring (bicyclic) bond motifs is 3. The molecule has 0 fully saturated rings. The minimum atomic E-state index is -0.484. The van der Waals surface area contributed by atoms with Crippen LogP contribution in [0.25, 0.3) is 16.7 Å². The fourth-order valence-electron chi connectivity index (χ4n) is 3.14. The summed E-state index contributed by atoms with van der Waals surface area (Å²) >= 11 is 5.33. The number of benzene rings is 1. The smallest absolute Gasteiger partial charge is 0.342 e. The number of carbonyl (C=O) groups is 1. The van der Waals surface area contributed by atoms with E-state index in [0.717, 1.165) is 5.56 Å². The third kappa shape index (κ3) is 3.58. The van der Waals surface area contributed by atoms with Crippen molar-refractivity contribution in [2.75, 3.05) is 13.2 Å². The molecule has 0 spiro atoms. The van der Waals surface area contributed by atoms with E-state index in [-0.39, 0.29) is 17.2 Å². The minimum absolute atomic E-state index is 0.259. The summed E-state index contributed by atoms with van der Waals surface area (Å²) < 4.78 is 18.0. The molecule has 3 heterocycles. The van der Waals surface area contributed by atoms with Gasteiger partial charge in [-0.05, 0) is 31.6 Å². The largest absolute Gasteiger partial charge is 0.482 e. The van der Waals surface area contributed by atoms with E-state index in [0.29, 0.717) is 41.3 Å². The number of rotatable bonds is 6. The fraction of sp³-hybridized carbons (Fsp3) is 0.238. The SMILES string of the molecule is CCOC(=O)c1coc2nc(Cc3ccccc3)n3cc(C(=S)OCC)nc3c12. The highest BCUT2D eigenvalue weighted by Crippen LogP contribution is 2.27. The van der Waals surface area contributed by atoms with Crippen LogP contribution in [0.5, 0.6) is 0 Å². The number of esters is 1. The van der Waals surface area contributed by atoms with Crippen LogP contribution in [0.2, 0.25) is 0 Å². The van der Waals surface area contributed by atoms with Gasteiger partial charge in [0.15, 0.2) is 5.65 Å². The summed E-state index contributed by atoms with van der Waals surface area (Å²) in [5.74, 6) is 0.226. The Balaban J connectivity index is 1.93. The van der Waals surface area contributed by atoms with E-state index in [1.165, 1.54) is 6.26 Å². The van der Waals surface area contributed by atoms with Gasteiger partial charge < -0.3 is 13.9 Å². The van der Waals surface area contributed by atoms with Crippen molar-refractivity contribution < 1.29 is 18.7 Å². The summed E-state index contributed by atoms with van der Waals surface area (Å²) in [5.41, 5.74) is 2.72. The molecule has 0 saturated heterocycles. The molecule has 0 aliphatic rings. The third-order valence-corrected chi connectivity index (χ3v) is 4.72. The van der Waals surface area contributed by atoms with E-state index in [9.17, 15) is 4.79 Å². The van der Waals surface area contributed by atoms with Gasteiger partial charge in [0.2, 0.25) is 10.8 Å². The Hall–Kier alpha value is -3.26. The van der Waals surface area contributed by atoms with Crippen LogP contribution in [-0.2, 0) is 15.9 Å². The van der Waals surface area contributed by atoms with Crippen LogP contribution in [0.4, 0.5) is 0 Å². The first-order chi connectivity index (χ1) is 14.1. The molecule has 0 N–H and O–H groups in total. The normalized spacial score (nSPS) is 11.1. The van der Waals surface area contributed by atoms with Crippen molar-refractivity contribution in [3.8, 4) is 0 Å². The Bertz CT molecular complexity index is 1200. The molecule has 8 heteroatoms. The second kappa shape index (κ2) is 8.00. The number of imidazole rings is 1. The van der Waals surface area contributed by atoms with E-state index in [4.69, 9.17) is 26.1 Å². The van der Waals surface area contributed by atoms with E-state index in [1.54, 1.807) is 13.1 Å². The number of carbonyl (C=O) groups excluding carboxylic acids is 1. The summed E-state index contributed by atoms with van der Waals surface area (Å²) in [5, 5.41) is 0.780. The lowest BCUT2D eigenvalue weighted by atomic mass is 10.1. The molecule has 0 atom stereocenters. The molecule has 3 aromatic heterocycles. The minimum Gasteiger partial charge on any atom is -0.482 e. The second-order valence-corrected chi connectivity index (χ2v) is 6.65. The van der Waals surface area contributed by atoms with E-state index in [1.807, 2.05) is 41.7 Å². The summed E-state index contributed by atoms with van der Waals surface area (Å²) in [7, 11) is 0. The van der Waals surface area contributed by atoms with Crippen LogP contribution in [0.1, 0.15) is 41.3 Å². The molecule has 0 aliphatic carbocycles. The maximum Gasteiger partial charge on any atom is 0.342 e. The predicted octanol–water partition coefficient (Wildman–Crippen LogP) is 3.96. The molecule has 7 nitrogen and oxygen atoms in total. The zero-order valence-corrected chi connectivity index (χ0v) is 16.9. The molecular weight excluding hydrogens is 390 g/mol. The molecule has 0 radical (unpaired) electrons. The van der Waals surface area contributed by atoms with Crippen LogP contribution in [0, 0.1) is 0 Å². The van der Waals surface area contributed by atoms with Gasteiger partial charge in [-0.3, -0.25) is 4.40 Å². The monoisotopic (exact) mass is 409 g/mol.